The molecule has 5 heteroatoms. The number of benzene rings is 1. The molecule has 1 atom stereocenters. The van der Waals surface area contributed by atoms with Crippen LogP contribution in [0.3, 0.4) is 0 Å². The molecule has 3 nitrogen and oxygen atoms in total. The Kier molecular flexibility index (Phi) is 4.50. The summed E-state index contributed by atoms with van der Waals surface area (Å²) in [5.74, 6) is -0.220. The van der Waals surface area contributed by atoms with E-state index in [9.17, 15) is 4.39 Å². The van der Waals surface area contributed by atoms with Crippen LogP contribution in [0.5, 0.6) is 0 Å². The fraction of sp³-hybridized carbons (Fsp3) is 0.467. The van der Waals surface area contributed by atoms with Gasteiger partial charge in [0, 0.05) is 5.41 Å². The number of halogens is 1. The van der Waals surface area contributed by atoms with Gasteiger partial charge in [0.2, 0.25) is 0 Å². The van der Waals surface area contributed by atoms with Gasteiger partial charge in [-0.2, -0.15) is 0 Å². The minimum atomic E-state index is -0.220. The van der Waals surface area contributed by atoms with Crippen molar-refractivity contribution in [1.82, 2.24) is 14.9 Å². The van der Waals surface area contributed by atoms with Crippen molar-refractivity contribution in [3.63, 3.8) is 0 Å². The quantitative estimate of drug-likeness (QED) is 0.934. The predicted molar refractivity (Wildman–Crippen MR) is 80.5 cm³/mol. The first-order valence-electron chi connectivity index (χ1n) is 6.75. The van der Waals surface area contributed by atoms with Gasteiger partial charge in [-0.3, -0.25) is 0 Å². The molecule has 0 spiro atoms. The van der Waals surface area contributed by atoms with Crippen molar-refractivity contribution in [2.45, 2.75) is 39.2 Å². The second-order valence-corrected chi connectivity index (χ2v) is 6.56. The third kappa shape index (κ3) is 3.22. The summed E-state index contributed by atoms with van der Waals surface area (Å²) in [4.78, 5) is 1.10. The van der Waals surface area contributed by atoms with Crippen molar-refractivity contribution < 1.29 is 4.39 Å². The highest BCUT2D eigenvalue weighted by molar-refractivity contribution is 7.05. The van der Waals surface area contributed by atoms with E-state index in [-0.39, 0.29) is 17.3 Å². The van der Waals surface area contributed by atoms with E-state index in [1.54, 1.807) is 0 Å². The van der Waals surface area contributed by atoms with Crippen molar-refractivity contribution in [2.75, 3.05) is 6.54 Å². The average Bonchev–Trinajstić information content (AvgIpc) is 2.86. The lowest BCUT2D eigenvalue weighted by Gasteiger charge is -2.22. The normalized spacial score (nSPS) is 13.4. The van der Waals surface area contributed by atoms with E-state index in [1.165, 1.54) is 23.7 Å². The molecule has 0 saturated carbocycles. The van der Waals surface area contributed by atoms with E-state index < -0.39 is 0 Å². The molecule has 0 amide bonds. The third-order valence-corrected chi connectivity index (χ3v) is 3.89. The number of nitrogens with one attached hydrogen (secondary N) is 1. The molecule has 0 bridgehead atoms. The van der Waals surface area contributed by atoms with E-state index in [0.717, 1.165) is 22.7 Å². The van der Waals surface area contributed by atoms with Gasteiger partial charge in [-0.1, -0.05) is 44.3 Å². The molecule has 1 aromatic heterocycles. The van der Waals surface area contributed by atoms with Gasteiger partial charge in [0.1, 0.15) is 5.82 Å². The molecule has 1 unspecified atom stereocenters. The highest BCUT2D eigenvalue weighted by atomic mass is 32.1. The molecular formula is C15H20FN3S. The lowest BCUT2D eigenvalue weighted by Crippen LogP contribution is -2.25. The average molecular weight is 293 g/mol. The standard InChI is InChI=1S/C15H20FN3S/c1-5-17-12(10-6-8-11(16)9-7-10)13-14(15(2,3)4)18-19-20-13/h6-9,12,17H,5H2,1-4H3. The second kappa shape index (κ2) is 5.97. The number of aromatic nitrogens is 2. The highest BCUT2D eigenvalue weighted by Crippen LogP contribution is 2.33. The SMILES string of the molecule is CCNC(c1ccc(F)cc1)c1snnc1C(C)(C)C. The van der Waals surface area contributed by atoms with Crippen LogP contribution in [-0.2, 0) is 5.41 Å². The molecule has 1 heterocycles. The molecular weight excluding hydrogens is 273 g/mol. The van der Waals surface area contributed by atoms with Crippen LogP contribution in [0.15, 0.2) is 24.3 Å². The lowest BCUT2D eigenvalue weighted by atomic mass is 9.89. The fourth-order valence-electron chi connectivity index (χ4n) is 2.13. The van der Waals surface area contributed by atoms with Gasteiger partial charge in [0.15, 0.2) is 0 Å². The molecule has 0 aliphatic heterocycles. The monoisotopic (exact) mass is 293 g/mol. The minimum Gasteiger partial charge on any atom is -0.306 e. The maximum atomic E-state index is 13.1. The van der Waals surface area contributed by atoms with Gasteiger partial charge in [0.05, 0.1) is 16.6 Å². The van der Waals surface area contributed by atoms with Gasteiger partial charge >= 0.3 is 0 Å². The van der Waals surface area contributed by atoms with Crippen molar-refractivity contribution in [3.8, 4) is 0 Å². The van der Waals surface area contributed by atoms with Crippen LogP contribution in [-0.4, -0.2) is 16.1 Å². The van der Waals surface area contributed by atoms with Crippen LogP contribution < -0.4 is 5.32 Å². The van der Waals surface area contributed by atoms with Crippen LogP contribution in [0.2, 0.25) is 0 Å². The largest absolute Gasteiger partial charge is 0.306 e. The summed E-state index contributed by atoms with van der Waals surface area (Å²) in [5, 5.41) is 7.73. The van der Waals surface area contributed by atoms with Gasteiger partial charge < -0.3 is 5.32 Å². The van der Waals surface area contributed by atoms with Gasteiger partial charge in [0.25, 0.3) is 0 Å². The molecule has 0 fully saturated rings. The Bertz CT molecular complexity index is 557. The summed E-state index contributed by atoms with van der Waals surface area (Å²) in [7, 11) is 0. The number of hydrogen-bond acceptors (Lipinski definition) is 4. The Hall–Kier alpha value is -1.33. The Morgan fingerprint density at radius 3 is 2.45 bits per heavy atom. The molecule has 0 radical (unpaired) electrons. The van der Waals surface area contributed by atoms with Crippen LogP contribution in [0, 0.1) is 5.82 Å². The first-order valence-corrected chi connectivity index (χ1v) is 7.52. The van der Waals surface area contributed by atoms with Crippen molar-refractivity contribution >= 4 is 11.5 Å². The first-order chi connectivity index (χ1) is 9.43. The Labute approximate surface area is 123 Å². The summed E-state index contributed by atoms with van der Waals surface area (Å²) in [6, 6.07) is 6.62. The molecule has 2 rings (SSSR count). The smallest absolute Gasteiger partial charge is 0.123 e. The van der Waals surface area contributed by atoms with Crippen LogP contribution in [0.4, 0.5) is 4.39 Å². The molecule has 1 N–H and O–H groups in total. The van der Waals surface area contributed by atoms with E-state index in [0.29, 0.717) is 0 Å². The van der Waals surface area contributed by atoms with Crippen LogP contribution >= 0.6 is 11.5 Å². The van der Waals surface area contributed by atoms with Gasteiger partial charge in [-0.05, 0) is 35.8 Å². The van der Waals surface area contributed by atoms with Crippen molar-refractivity contribution in [1.29, 1.82) is 0 Å². The summed E-state index contributed by atoms with van der Waals surface area (Å²) in [6.45, 7) is 9.26. The van der Waals surface area contributed by atoms with Crippen molar-refractivity contribution in [2.24, 2.45) is 0 Å². The maximum Gasteiger partial charge on any atom is 0.123 e. The molecule has 108 valence electrons. The molecule has 0 saturated heterocycles. The van der Waals surface area contributed by atoms with Crippen LogP contribution in [0.1, 0.15) is 49.9 Å². The predicted octanol–water partition coefficient (Wildman–Crippen LogP) is 3.67. The fourth-order valence-corrected chi connectivity index (χ4v) is 3.10. The second-order valence-electron chi connectivity index (χ2n) is 5.78. The summed E-state index contributed by atoms with van der Waals surface area (Å²) in [5.41, 5.74) is 1.97. The molecule has 20 heavy (non-hydrogen) atoms. The first kappa shape index (κ1) is 15.1. The third-order valence-electron chi connectivity index (χ3n) is 3.10. The van der Waals surface area contributed by atoms with Gasteiger partial charge in [-0.15, -0.1) is 5.10 Å². The van der Waals surface area contributed by atoms with E-state index in [4.69, 9.17) is 0 Å². The highest BCUT2D eigenvalue weighted by Gasteiger charge is 2.27. The van der Waals surface area contributed by atoms with Gasteiger partial charge in [-0.25, -0.2) is 4.39 Å². The van der Waals surface area contributed by atoms with E-state index in [2.05, 4.69) is 42.6 Å². The zero-order chi connectivity index (χ0) is 14.8. The van der Waals surface area contributed by atoms with E-state index in [1.807, 2.05) is 12.1 Å². The molecule has 0 aliphatic rings. The molecule has 0 aliphatic carbocycles. The molecule has 2 aromatic rings. The number of rotatable bonds is 4. The number of hydrogen-bond donors (Lipinski definition) is 1. The lowest BCUT2D eigenvalue weighted by molar-refractivity contribution is 0.542. The zero-order valence-electron chi connectivity index (χ0n) is 12.3. The minimum absolute atomic E-state index is 0.00910. The summed E-state index contributed by atoms with van der Waals surface area (Å²) >= 11 is 1.41. The Balaban J connectivity index is 2.44. The summed E-state index contributed by atoms with van der Waals surface area (Å²) < 4.78 is 17.2. The maximum absolute atomic E-state index is 13.1. The van der Waals surface area contributed by atoms with Crippen molar-refractivity contribution in [3.05, 3.63) is 46.2 Å². The molecule has 1 aromatic carbocycles. The van der Waals surface area contributed by atoms with E-state index >= 15 is 0 Å². The summed E-state index contributed by atoms with van der Waals surface area (Å²) in [6.07, 6.45) is 0. The Morgan fingerprint density at radius 1 is 1.25 bits per heavy atom. The van der Waals surface area contributed by atoms with Crippen LogP contribution in [0.25, 0.3) is 0 Å². The Morgan fingerprint density at radius 2 is 1.90 bits per heavy atom. The number of nitrogens with zero attached hydrogens (tertiary/aromatic N) is 2. The topological polar surface area (TPSA) is 37.8 Å². The zero-order valence-corrected chi connectivity index (χ0v) is 13.1.